The zero-order valence-corrected chi connectivity index (χ0v) is 11.0. The van der Waals surface area contributed by atoms with Crippen LogP contribution in [0.4, 0.5) is 0 Å². The summed E-state index contributed by atoms with van der Waals surface area (Å²) in [5, 5.41) is 14.5. The highest BCUT2D eigenvalue weighted by atomic mass is 16.5. The zero-order valence-electron chi connectivity index (χ0n) is 11.0. The van der Waals surface area contributed by atoms with E-state index in [-0.39, 0.29) is 0 Å². The van der Waals surface area contributed by atoms with Crippen LogP contribution in [-0.2, 0) is 12.8 Å². The third-order valence-electron chi connectivity index (χ3n) is 3.01. The number of ether oxygens (including phenoxy) is 1. The Morgan fingerprint density at radius 3 is 2.33 bits per heavy atom. The Kier molecular flexibility index (Phi) is 3.55. The van der Waals surface area contributed by atoms with E-state index >= 15 is 0 Å². The second-order valence-electron chi connectivity index (χ2n) is 4.06. The highest BCUT2D eigenvalue weighted by Gasteiger charge is 2.15. The van der Waals surface area contributed by atoms with E-state index in [1.54, 1.807) is 11.8 Å². The van der Waals surface area contributed by atoms with Crippen molar-refractivity contribution in [2.24, 2.45) is 0 Å². The van der Waals surface area contributed by atoms with Crippen molar-refractivity contribution >= 4 is 0 Å². The van der Waals surface area contributed by atoms with Crippen LogP contribution in [0.2, 0.25) is 0 Å². The van der Waals surface area contributed by atoms with E-state index in [1.165, 1.54) is 0 Å². The van der Waals surface area contributed by atoms with Gasteiger partial charge in [0.25, 0.3) is 0 Å². The summed E-state index contributed by atoms with van der Waals surface area (Å²) in [7, 11) is 1.64. The van der Waals surface area contributed by atoms with Crippen LogP contribution in [0.3, 0.4) is 0 Å². The first-order valence-corrected chi connectivity index (χ1v) is 6.15. The predicted molar refractivity (Wildman–Crippen MR) is 70.5 cm³/mol. The van der Waals surface area contributed by atoms with E-state index in [0.717, 1.165) is 35.7 Å². The Labute approximate surface area is 107 Å². The van der Waals surface area contributed by atoms with Crippen molar-refractivity contribution < 1.29 is 9.84 Å². The molecule has 0 amide bonds. The Hall–Kier alpha value is -1.97. The van der Waals surface area contributed by atoms with Crippen LogP contribution in [0.25, 0.3) is 5.69 Å². The molecule has 1 aromatic heterocycles. The molecule has 0 radical (unpaired) electrons. The van der Waals surface area contributed by atoms with Gasteiger partial charge in [0.15, 0.2) is 5.75 Å². The fraction of sp³-hybridized carbons (Fsp3) is 0.357. The van der Waals surface area contributed by atoms with Gasteiger partial charge < -0.3 is 9.84 Å². The lowest BCUT2D eigenvalue weighted by atomic mass is 10.2. The maximum atomic E-state index is 10.1. The van der Waals surface area contributed by atoms with Crippen molar-refractivity contribution in [2.75, 3.05) is 7.11 Å². The summed E-state index contributed by atoms with van der Waals surface area (Å²) >= 11 is 0. The molecule has 1 heterocycles. The maximum absolute atomic E-state index is 10.1. The molecule has 0 spiro atoms. The number of nitrogens with zero attached hydrogens (tertiary/aromatic N) is 2. The van der Waals surface area contributed by atoms with Crippen LogP contribution in [0, 0.1) is 0 Å². The van der Waals surface area contributed by atoms with Gasteiger partial charge in [-0.3, -0.25) is 0 Å². The van der Waals surface area contributed by atoms with Crippen molar-refractivity contribution in [1.82, 2.24) is 9.78 Å². The average Bonchev–Trinajstić information content (AvgIpc) is 2.75. The molecule has 18 heavy (non-hydrogen) atoms. The number of rotatable bonds is 4. The van der Waals surface area contributed by atoms with Crippen LogP contribution in [0.15, 0.2) is 24.3 Å². The third-order valence-corrected chi connectivity index (χ3v) is 3.01. The van der Waals surface area contributed by atoms with Gasteiger partial charge in [0.05, 0.1) is 18.5 Å². The normalized spacial score (nSPS) is 10.6. The molecule has 0 aliphatic carbocycles. The molecule has 0 aliphatic heterocycles. The molecule has 0 aliphatic rings. The van der Waals surface area contributed by atoms with Gasteiger partial charge in [-0.2, -0.15) is 5.10 Å². The molecule has 0 saturated heterocycles. The predicted octanol–water partition coefficient (Wildman–Crippen LogP) is 2.71. The van der Waals surface area contributed by atoms with Crippen LogP contribution < -0.4 is 4.74 Å². The van der Waals surface area contributed by atoms with Gasteiger partial charge in [-0.15, -0.1) is 0 Å². The van der Waals surface area contributed by atoms with Crippen molar-refractivity contribution in [1.29, 1.82) is 0 Å². The first-order valence-electron chi connectivity index (χ1n) is 6.15. The number of methoxy groups -OCH3 is 1. The summed E-state index contributed by atoms with van der Waals surface area (Å²) in [5.74, 6) is 1.12. The first kappa shape index (κ1) is 12.5. The number of aryl methyl sites for hydroxylation is 1. The lowest BCUT2D eigenvalue weighted by Crippen LogP contribution is -2.01. The molecule has 1 N–H and O–H groups in total. The number of aromatic hydroxyl groups is 1. The summed E-state index contributed by atoms with van der Waals surface area (Å²) in [4.78, 5) is 0. The van der Waals surface area contributed by atoms with E-state index in [0.29, 0.717) is 5.75 Å². The van der Waals surface area contributed by atoms with Gasteiger partial charge in [-0.05, 0) is 37.1 Å². The Morgan fingerprint density at radius 1 is 1.17 bits per heavy atom. The first-order chi connectivity index (χ1) is 8.71. The Bertz CT molecular complexity index is 529. The van der Waals surface area contributed by atoms with Gasteiger partial charge in [-0.1, -0.05) is 13.8 Å². The van der Waals surface area contributed by atoms with Gasteiger partial charge in [0.2, 0.25) is 0 Å². The average molecular weight is 246 g/mol. The molecule has 2 rings (SSSR count). The van der Waals surface area contributed by atoms with Crippen LogP contribution in [-0.4, -0.2) is 22.0 Å². The van der Waals surface area contributed by atoms with Crippen molar-refractivity contribution in [3.05, 3.63) is 35.7 Å². The van der Waals surface area contributed by atoms with E-state index in [9.17, 15) is 5.11 Å². The summed E-state index contributed by atoms with van der Waals surface area (Å²) < 4.78 is 6.93. The third kappa shape index (κ3) is 2.06. The van der Waals surface area contributed by atoms with E-state index in [2.05, 4.69) is 5.10 Å². The molecule has 0 unspecified atom stereocenters. The van der Waals surface area contributed by atoms with E-state index < -0.39 is 0 Å². The Balaban J connectivity index is 2.48. The van der Waals surface area contributed by atoms with Crippen LogP contribution >= 0.6 is 0 Å². The van der Waals surface area contributed by atoms with E-state index in [4.69, 9.17) is 4.74 Å². The van der Waals surface area contributed by atoms with Gasteiger partial charge in [0, 0.05) is 0 Å². The highest BCUT2D eigenvalue weighted by molar-refractivity contribution is 5.43. The Morgan fingerprint density at radius 2 is 1.83 bits per heavy atom. The molecule has 0 atom stereocenters. The summed E-state index contributed by atoms with van der Waals surface area (Å²) in [6, 6.07) is 7.64. The minimum absolute atomic E-state index is 0.316. The van der Waals surface area contributed by atoms with Crippen molar-refractivity contribution in [2.45, 2.75) is 26.7 Å². The maximum Gasteiger partial charge on any atom is 0.160 e. The minimum Gasteiger partial charge on any atom is -0.504 e. The van der Waals surface area contributed by atoms with E-state index in [1.807, 2.05) is 38.1 Å². The number of hydrogen-bond acceptors (Lipinski definition) is 3. The molecule has 4 nitrogen and oxygen atoms in total. The second kappa shape index (κ2) is 5.12. The largest absolute Gasteiger partial charge is 0.504 e. The molecule has 0 fully saturated rings. The zero-order chi connectivity index (χ0) is 13.1. The second-order valence-corrected chi connectivity index (χ2v) is 4.06. The lowest BCUT2D eigenvalue weighted by molar-refractivity contribution is 0.414. The monoisotopic (exact) mass is 246 g/mol. The lowest BCUT2D eigenvalue weighted by Gasteiger charge is -2.06. The molecule has 0 bridgehead atoms. The highest BCUT2D eigenvalue weighted by Crippen LogP contribution is 2.26. The smallest absolute Gasteiger partial charge is 0.160 e. The SMILES string of the molecule is CCc1nn(-c2ccc(OC)cc2)c(CC)c1O. The summed E-state index contributed by atoms with van der Waals surface area (Å²) in [5.41, 5.74) is 2.52. The molecular formula is C14H18N2O2. The topological polar surface area (TPSA) is 47.3 Å². The van der Waals surface area contributed by atoms with Crippen LogP contribution in [0.1, 0.15) is 25.2 Å². The number of hydrogen-bond donors (Lipinski definition) is 1. The molecule has 1 aromatic carbocycles. The summed E-state index contributed by atoms with van der Waals surface area (Å²) in [6.45, 7) is 4.00. The fourth-order valence-electron chi connectivity index (χ4n) is 1.99. The van der Waals surface area contributed by atoms with Crippen molar-refractivity contribution in [3.8, 4) is 17.2 Å². The van der Waals surface area contributed by atoms with Crippen molar-refractivity contribution in [3.63, 3.8) is 0 Å². The molecular weight excluding hydrogens is 228 g/mol. The number of benzene rings is 1. The summed E-state index contributed by atoms with van der Waals surface area (Å²) in [6.07, 6.45) is 1.47. The molecule has 2 aromatic rings. The van der Waals surface area contributed by atoms with Gasteiger partial charge >= 0.3 is 0 Å². The quantitative estimate of drug-likeness (QED) is 0.902. The van der Waals surface area contributed by atoms with Gasteiger partial charge in [-0.25, -0.2) is 4.68 Å². The molecule has 4 heteroatoms. The minimum atomic E-state index is 0.316. The fourth-order valence-corrected chi connectivity index (χ4v) is 1.99. The molecule has 0 saturated carbocycles. The standard InChI is InChI=1S/C14H18N2O2/c1-4-12-14(17)13(5-2)16(15-12)10-6-8-11(18-3)9-7-10/h6-9,17H,4-5H2,1-3H3. The number of aromatic nitrogens is 2. The van der Waals surface area contributed by atoms with Gasteiger partial charge in [0.1, 0.15) is 11.4 Å². The van der Waals surface area contributed by atoms with Crippen LogP contribution in [0.5, 0.6) is 11.5 Å². The molecule has 96 valence electrons.